The number of ether oxygens (including phenoxy) is 1. The van der Waals surface area contributed by atoms with Gasteiger partial charge in [-0.1, -0.05) is 12.1 Å². The molecule has 0 radical (unpaired) electrons. The minimum Gasteiger partial charge on any atom is -0.492 e. The smallest absolute Gasteiger partial charge is 0.259 e. The summed E-state index contributed by atoms with van der Waals surface area (Å²) in [6, 6.07) is 12.0. The van der Waals surface area contributed by atoms with Crippen LogP contribution in [0.4, 0.5) is 5.69 Å². The number of amides is 1. The molecule has 1 aliphatic heterocycles. The summed E-state index contributed by atoms with van der Waals surface area (Å²) in [5.74, 6) is 1.71. The second-order valence-electron chi connectivity index (χ2n) is 6.78. The molecule has 3 aromatic rings. The predicted molar refractivity (Wildman–Crippen MR) is 108 cm³/mol. The number of benzene rings is 1. The first-order valence-corrected chi connectivity index (χ1v) is 9.60. The average molecular weight is 379 g/mol. The Morgan fingerprint density at radius 1 is 1.07 bits per heavy atom. The summed E-state index contributed by atoms with van der Waals surface area (Å²) in [6.45, 7) is 5.50. The molecule has 146 valence electrons. The molecule has 0 unspecified atom stereocenters. The first kappa shape index (κ1) is 18.2. The van der Waals surface area contributed by atoms with Gasteiger partial charge in [0.2, 0.25) is 0 Å². The third-order valence-corrected chi connectivity index (χ3v) is 5.06. The second-order valence-corrected chi connectivity index (χ2v) is 6.78. The molecule has 2 aromatic heterocycles. The van der Waals surface area contributed by atoms with Crippen LogP contribution < -0.4 is 9.64 Å². The summed E-state index contributed by atoms with van der Waals surface area (Å²) in [6.07, 6.45) is 5.52. The highest BCUT2D eigenvalue weighted by atomic mass is 16.5. The van der Waals surface area contributed by atoms with Gasteiger partial charge < -0.3 is 19.1 Å². The third kappa shape index (κ3) is 3.35. The predicted octanol–water partition coefficient (Wildman–Crippen LogP) is 2.57. The minimum atomic E-state index is 0.0227. The Morgan fingerprint density at radius 3 is 2.50 bits per heavy atom. The molecule has 7 heteroatoms. The average Bonchev–Trinajstić information content (AvgIpc) is 3.38. The van der Waals surface area contributed by atoms with Gasteiger partial charge in [-0.3, -0.25) is 9.48 Å². The summed E-state index contributed by atoms with van der Waals surface area (Å²) in [7, 11) is 1.86. The number of aromatic nitrogens is 3. The normalized spacial score (nSPS) is 14.4. The van der Waals surface area contributed by atoms with Crippen LogP contribution >= 0.6 is 0 Å². The van der Waals surface area contributed by atoms with Crippen LogP contribution in [0.2, 0.25) is 0 Å². The van der Waals surface area contributed by atoms with E-state index in [0.29, 0.717) is 25.3 Å². The van der Waals surface area contributed by atoms with Crippen molar-refractivity contribution in [3.8, 4) is 11.6 Å². The number of rotatable bonds is 5. The number of para-hydroxylation sites is 2. The molecular formula is C21H25N5O2. The standard InChI is InChI=1S/C21H25N5O2/c1-3-28-19-9-5-4-8-18(19)24-12-14-26(15-13-24)21(27)17-16-22-23(2)20(17)25-10-6-7-11-25/h4-11,16H,3,12-15H2,1-2H3. The van der Waals surface area contributed by atoms with Gasteiger partial charge in [0.1, 0.15) is 17.1 Å². The number of carbonyl (C=O) groups is 1. The van der Waals surface area contributed by atoms with Crippen molar-refractivity contribution in [3.05, 3.63) is 60.6 Å². The van der Waals surface area contributed by atoms with E-state index in [1.807, 2.05) is 66.2 Å². The van der Waals surface area contributed by atoms with Gasteiger partial charge >= 0.3 is 0 Å². The molecule has 7 nitrogen and oxygen atoms in total. The molecule has 0 spiro atoms. The monoisotopic (exact) mass is 379 g/mol. The molecule has 0 N–H and O–H groups in total. The highest BCUT2D eigenvalue weighted by Gasteiger charge is 2.27. The van der Waals surface area contributed by atoms with Crippen molar-refractivity contribution in [2.75, 3.05) is 37.7 Å². The summed E-state index contributed by atoms with van der Waals surface area (Å²) in [5, 5.41) is 4.30. The van der Waals surface area contributed by atoms with Crippen LogP contribution in [-0.4, -0.2) is 57.9 Å². The highest BCUT2D eigenvalue weighted by molar-refractivity contribution is 5.97. The number of hydrogen-bond acceptors (Lipinski definition) is 4. The molecule has 0 aliphatic carbocycles. The van der Waals surface area contributed by atoms with E-state index >= 15 is 0 Å². The van der Waals surface area contributed by atoms with Crippen LogP contribution in [0.3, 0.4) is 0 Å². The third-order valence-electron chi connectivity index (χ3n) is 5.06. The molecule has 1 aromatic carbocycles. The Bertz CT molecular complexity index is 940. The van der Waals surface area contributed by atoms with Crippen LogP contribution in [0, 0.1) is 0 Å². The van der Waals surface area contributed by atoms with Crippen molar-refractivity contribution < 1.29 is 9.53 Å². The molecule has 28 heavy (non-hydrogen) atoms. The van der Waals surface area contributed by atoms with Gasteiger partial charge in [-0.25, -0.2) is 0 Å². The van der Waals surface area contributed by atoms with Crippen LogP contribution in [0.1, 0.15) is 17.3 Å². The quantitative estimate of drug-likeness (QED) is 0.684. The molecule has 1 fully saturated rings. The maximum absolute atomic E-state index is 13.2. The first-order chi connectivity index (χ1) is 13.7. The van der Waals surface area contributed by atoms with Crippen molar-refractivity contribution in [2.45, 2.75) is 6.92 Å². The summed E-state index contributed by atoms with van der Waals surface area (Å²) in [4.78, 5) is 17.3. The van der Waals surface area contributed by atoms with Gasteiger partial charge in [0, 0.05) is 45.6 Å². The summed E-state index contributed by atoms with van der Waals surface area (Å²) >= 11 is 0. The molecule has 3 heterocycles. The van der Waals surface area contributed by atoms with E-state index in [4.69, 9.17) is 4.74 Å². The zero-order valence-electron chi connectivity index (χ0n) is 16.3. The Balaban J connectivity index is 1.49. The second kappa shape index (κ2) is 7.80. The Hall–Kier alpha value is -3.22. The number of anilines is 1. The molecule has 0 atom stereocenters. The Kier molecular flexibility index (Phi) is 5.06. The molecule has 0 bridgehead atoms. The van der Waals surface area contributed by atoms with E-state index in [1.165, 1.54) is 0 Å². The maximum atomic E-state index is 13.2. The SMILES string of the molecule is CCOc1ccccc1N1CCN(C(=O)c2cnn(C)c2-n2cccc2)CC1. The lowest BCUT2D eigenvalue weighted by molar-refractivity contribution is 0.0746. The fraction of sp³-hybridized carbons (Fsp3) is 0.333. The van der Waals surface area contributed by atoms with Crippen LogP contribution in [-0.2, 0) is 7.05 Å². The first-order valence-electron chi connectivity index (χ1n) is 9.60. The lowest BCUT2D eigenvalue weighted by Crippen LogP contribution is -2.49. The Labute approximate surface area is 164 Å². The zero-order valence-corrected chi connectivity index (χ0v) is 16.3. The van der Waals surface area contributed by atoms with Gasteiger partial charge in [-0.15, -0.1) is 0 Å². The van der Waals surface area contributed by atoms with E-state index < -0.39 is 0 Å². The number of piperazine rings is 1. The highest BCUT2D eigenvalue weighted by Crippen LogP contribution is 2.29. The van der Waals surface area contributed by atoms with E-state index in [0.717, 1.165) is 30.3 Å². The van der Waals surface area contributed by atoms with Gasteiger partial charge in [-0.2, -0.15) is 5.10 Å². The summed E-state index contributed by atoms with van der Waals surface area (Å²) in [5.41, 5.74) is 1.72. The number of nitrogens with zero attached hydrogens (tertiary/aromatic N) is 5. The molecule has 4 rings (SSSR count). The number of carbonyl (C=O) groups excluding carboxylic acids is 1. The van der Waals surface area contributed by atoms with Crippen molar-refractivity contribution in [2.24, 2.45) is 7.05 Å². The fourth-order valence-electron chi connectivity index (χ4n) is 3.68. The number of hydrogen-bond donors (Lipinski definition) is 0. The maximum Gasteiger partial charge on any atom is 0.259 e. The molecule has 0 saturated carbocycles. The topological polar surface area (TPSA) is 55.5 Å². The zero-order chi connectivity index (χ0) is 19.5. The van der Waals surface area contributed by atoms with E-state index in [-0.39, 0.29) is 5.91 Å². The van der Waals surface area contributed by atoms with Gasteiger partial charge in [0.25, 0.3) is 5.91 Å². The minimum absolute atomic E-state index is 0.0227. The van der Waals surface area contributed by atoms with E-state index in [9.17, 15) is 4.79 Å². The van der Waals surface area contributed by atoms with Crippen molar-refractivity contribution in [1.82, 2.24) is 19.2 Å². The van der Waals surface area contributed by atoms with Crippen LogP contribution in [0.25, 0.3) is 5.82 Å². The van der Waals surface area contributed by atoms with Crippen molar-refractivity contribution >= 4 is 11.6 Å². The largest absolute Gasteiger partial charge is 0.492 e. The van der Waals surface area contributed by atoms with Gasteiger partial charge in [0.15, 0.2) is 0 Å². The van der Waals surface area contributed by atoms with Crippen LogP contribution in [0.15, 0.2) is 55.0 Å². The van der Waals surface area contributed by atoms with Crippen LogP contribution in [0.5, 0.6) is 5.75 Å². The molecule has 1 amide bonds. The molecular weight excluding hydrogens is 354 g/mol. The molecule has 1 aliphatic rings. The lowest BCUT2D eigenvalue weighted by atomic mass is 10.2. The van der Waals surface area contributed by atoms with E-state index in [1.54, 1.807) is 10.9 Å². The number of aryl methyl sites for hydroxylation is 1. The fourth-order valence-corrected chi connectivity index (χ4v) is 3.68. The van der Waals surface area contributed by atoms with Crippen molar-refractivity contribution in [1.29, 1.82) is 0 Å². The Morgan fingerprint density at radius 2 is 1.79 bits per heavy atom. The lowest BCUT2D eigenvalue weighted by Gasteiger charge is -2.36. The molecule has 1 saturated heterocycles. The summed E-state index contributed by atoms with van der Waals surface area (Å²) < 4.78 is 9.42. The van der Waals surface area contributed by atoms with Gasteiger partial charge in [0.05, 0.1) is 18.5 Å². The van der Waals surface area contributed by atoms with E-state index in [2.05, 4.69) is 16.1 Å². The van der Waals surface area contributed by atoms with Gasteiger partial charge in [-0.05, 0) is 31.2 Å². The van der Waals surface area contributed by atoms with Crippen molar-refractivity contribution in [3.63, 3.8) is 0 Å².